The lowest BCUT2D eigenvalue weighted by Crippen LogP contribution is -2.43. The van der Waals surface area contributed by atoms with Crippen molar-refractivity contribution in [3.8, 4) is 5.75 Å². The molecule has 3 rings (SSSR count). The minimum Gasteiger partial charge on any atom is -0.494 e. The van der Waals surface area contributed by atoms with Crippen molar-refractivity contribution in [3.63, 3.8) is 0 Å². The van der Waals surface area contributed by atoms with Crippen molar-refractivity contribution in [2.24, 2.45) is 5.41 Å². The molecule has 5 heteroatoms. The summed E-state index contributed by atoms with van der Waals surface area (Å²) < 4.78 is 10.7. The van der Waals surface area contributed by atoms with Gasteiger partial charge in [-0.15, -0.1) is 0 Å². The van der Waals surface area contributed by atoms with Gasteiger partial charge < -0.3 is 19.5 Å². The monoisotopic (exact) mass is 375 g/mol. The fraction of sp³-hybridized carbons (Fsp3) is 0.682. The number of rotatable bonds is 8. The van der Waals surface area contributed by atoms with E-state index in [0.29, 0.717) is 13.2 Å². The van der Waals surface area contributed by atoms with Crippen LogP contribution in [0.15, 0.2) is 24.3 Å². The maximum Gasteiger partial charge on any atom is 0.233 e. The number of anilines is 1. The lowest BCUT2D eigenvalue weighted by molar-refractivity contribution is -0.130. The molecule has 1 spiro atoms. The number of carbonyl (C=O) groups excluding carboxylic acids is 1. The molecule has 0 unspecified atom stereocenters. The van der Waals surface area contributed by atoms with E-state index in [9.17, 15) is 9.90 Å². The molecule has 1 aromatic rings. The molecular weight excluding hydrogens is 342 g/mol. The predicted octanol–water partition coefficient (Wildman–Crippen LogP) is 3.93. The number of hydrogen-bond donors (Lipinski definition) is 1. The second kappa shape index (κ2) is 8.61. The number of nitrogens with zero attached hydrogens (tertiary/aromatic N) is 1. The van der Waals surface area contributed by atoms with Crippen LogP contribution in [0, 0.1) is 5.41 Å². The first-order chi connectivity index (χ1) is 13.0. The predicted molar refractivity (Wildman–Crippen MR) is 106 cm³/mol. The molecule has 27 heavy (non-hydrogen) atoms. The van der Waals surface area contributed by atoms with Crippen LogP contribution in [-0.2, 0) is 9.53 Å². The van der Waals surface area contributed by atoms with Gasteiger partial charge in [0, 0.05) is 32.4 Å². The average molecular weight is 376 g/mol. The molecule has 0 bridgehead atoms. The van der Waals surface area contributed by atoms with Crippen LogP contribution >= 0.6 is 0 Å². The minimum atomic E-state index is -0.560. The molecule has 1 aromatic carbocycles. The summed E-state index contributed by atoms with van der Waals surface area (Å²) in [5.41, 5.74) is 0.112. The third-order valence-corrected chi connectivity index (χ3v) is 6.28. The van der Waals surface area contributed by atoms with Crippen molar-refractivity contribution >= 4 is 11.6 Å². The molecule has 1 aliphatic carbocycles. The first-order valence-corrected chi connectivity index (χ1v) is 10.3. The molecule has 0 radical (unpaired) electrons. The topological polar surface area (TPSA) is 59.0 Å². The van der Waals surface area contributed by atoms with Gasteiger partial charge in [0.25, 0.3) is 0 Å². The van der Waals surface area contributed by atoms with E-state index in [2.05, 4.69) is 6.92 Å². The quantitative estimate of drug-likeness (QED) is 0.700. The number of amides is 1. The molecule has 2 aliphatic rings. The number of benzene rings is 1. The largest absolute Gasteiger partial charge is 0.494 e. The highest BCUT2D eigenvalue weighted by atomic mass is 16.5. The van der Waals surface area contributed by atoms with E-state index < -0.39 is 5.60 Å². The molecule has 150 valence electrons. The van der Waals surface area contributed by atoms with Crippen molar-refractivity contribution in [1.82, 2.24) is 0 Å². The molecule has 1 saturated carbocycles. The summed E-state index contributed by atoms with van der Waals surface area (Å²) in [5, 5.41) is 10.7. The Morgan fingerprint density at radius 3 is 2.41 bits per heavy atom. The summed E-state index contributed by atoms with van der Waals surface area (Å²) in [6.07, 6.45) is 6.68. The maximum absolute atomic E-state index is 13.2. The zero-order valence-corrected chi connectivity index (χ0v) is 16.7. The second-order valence-electron chi connectivity index (χ2n) is 8.15. The first kappa shape index (κ1) is 20.2. The molecule has 5 nitrogen and oxygen atoms in total. The Kier molecular flexibility index (Phi) is 6.43. The summed E-state index contributed by atoms with van der Waals surface area (Å²) in [4.78, 5) is 15.1. The Hall–Kier alpha value is -1.59. The average Bonchev–Trinajstić information content (AvgIpc) is 2.99. The summed E-state index contributed by atoms with van der Waals surface area (Å²) in [7, 11) is 1.69. The van der Waals surface area contributed by atoms with Crippen LogP contribution < -0.4 is 9.64 Å². The fourth-order valence-electron chi connectivity index (χ4n) is 4.56. The van der Waals surface area contributed by atoms with E-state index in [4.69, 9.17) is 9.47 Å². The Morgan fingerprint density at radius 1 is 1.07 bits per heavy atom. The highest BCUT2D eigenvalue weighted by Gasteiger charge is 2.51. The highest BCUT2D eigenvalue weighted by molar-refractivity contribution is 6.00. The van der Waals surface area contributed by atoms with Gasteiger partial charge in [0.1, 0.15) is 5.75 Å². The maximum atomic E-state index is 13.2. The zero-order valence-electron chi connectivity index (χ0n) is 16.7. The van der Waals surface area contributed by atoms with Crippen molar-refractivity contribution in [2.75, 3.05) is 31.8 Å². The molecule has 1 N–H and O–H groups in total. The lowest BCUT2D eigenvalue weighted by atomic mass is 9.67. The van der Waals surface area contributed by atoms with Crippen LogP contribution in [0.1, 0.15) is 58.3 Å². The Bertz CT molecular complexity index is 620. The van der Waals surface area contributed by atoms with Gasteiger partial charge in [-0.2, -0.15) is 0 Å². The lowest BCUT2D eigenvalue weighted by Gasteiger charge is -2.41. The van der Waals surface area contributed by atoms with Gasteiger partial charge in [0.05, 0.1) is 17.6 Å². The molecule has 1 heterocycles. The first-order valence-electron chi connectivity index (χ1n) is 10.3. The third kappa shape index (κ3) is 4.46. The minimum absolute atomic E-state index is 0.231. The second-order valence-corrected chi connectivity index (χ2v) is 8.15. The molecule has 1 saturated heterocycles. The van der Waals surface area contributed by atoms with E-state index in [1.54, 1.807) is 7.11 Å². The Balaban J connectivity index is 1.59. The summed E-state index contributed by atoms with van der Waals surface area (Å²) in [6.45, 7) is 4.18. The van der Waals surface area contributed by atoms with Crippen molar-refractivity contribution in [2.45, 2.75) is 63.9 Å². The number of carbonyl (C=O) groups is 1. The van der Waals surface area contributed by atoms with E-state index in [1.807, 2.05) is 29.2 Å². The molecule has 0 atom stereocenters. The highest BCUT2D eigenvalue weighted by Crippen LogP contribution is 2.49. The van der Waals surface area contributed by atoms with Gasteiger partial charge in [-0.3, -0.25) is 4.79 Å². The SMILES string of the molecule is CCC[C@]1(O)CC[C@]2(CCN(c3ccc(OCCCOC)cc3)C2=O)CC1. The zero-order chi connectivity index (χ0) is 19.3. The summed E-state index contributed by atoms with van der Waals surface area (Å²) >= 11 is 0. The standard InChI is InChI=1S/C22H33NO4/c1-3-9-22(25)12-10-21(11-13-22)14-15-23(20(21)24)18-5-7-19(8-6-18)27-17-4-16-26-2/h5-8,25H,3-4,9-17H2,1-2H3/t21-,22+. The van der Waals surface area contributed by atoms with Crippen LogP contribution in [0.25, 0.3) is 0 Å². The van der Waals surface area contributed by atoms with E-state index in [1.165, 1.54) is 0 Å². The van der Waals surface area contributed by atoms with Gasteiger partial charge in [-0.1, -0.05) is 13.3 Å². The van der Waals surface area contributed by atoms with Gasteiger partial charge in [0.2, 0.25) is 5.91 Å². The van der Waals surface area contributed by atoms with Crippen LogP contribution in [0.5, 0.6) is 5.75 Å². The molecule has 0 aromatic heterocycles. The molecule has 1 amide bonds. The third-order valence-electron chi connectivity index (χ3n) is 6.28. The number of aliphatic hydroxyl groups is 1. The van der Waals surface area contributed by atoms with Gasteiger partial charge in [0.15, 0.2) is 0 Å². The smallest absolute Gasteiger partial charge is 0.233 e. The van der Waals surface area contributed by atoms with Crippen LogP contribution in [0.3, 0.4) is 0 Å². The Morgan fingerprint density at radius 2 is 1.78 bits per heavy atom. The number of hydrogen-bond acceptors (Lipinski definition) is 4. The van der Waals surface area contributed by atoms with Gasteiger partial charge >= 0.3 is 0 Å². The van der Waals surface area contributed by atoms with Crippen LogP contribution in [-0.4, -0.2) is 43.5 Å². The van der Waals surface area contributed by atoms with Gasteiger partial charge in [-0.05, 0) is 62.8 Å². The number of ether oxygens (including phenoxy) is 2. The summed E-state index contributed by atoms with van der Waals surface area (Å²) in [6, 6.07) is 7.81. The normalized spacial score (nSPS) is 28.1. The number of methoxy groups -OCH3 is 1. The summed E-state index contributed by atoms with van der Waals surface area (Å²) in [5.74, 6) is 1.05. The van der Waals surface area contributed by atoms with Crippen LogP contribution in [0.4, 0.5) is 5.69 Å². The molecule has 2 fully saturated rings. The molecule has 1 aliphatic heterocycles. The van der Waals surface area contributed by atoms with Crippen molar-refractivity contribution < 1.29 is 19.4 Å². The van der Waals surface area contributed by atoms with Crippen molar-refractivity contribution in [3.05, 3.63) is 24.3 Å². The Labute approximate surface area is 162 Å². The van der Waals surface area contributed by atoms with E-state index in [-0.39, 0.29) is 11.3 Å². The molecular formula is C22H33NO4. The van der Waals surface area contributed by atoms with E-state index >= 15 is 0 Å². The van der Waals surface area contributed by atoms with Crippen LogP contribution in [0.2, 0.25) is 0 Å². The van der Waals surface area contributed by atoms with E-state index in [0.717, 1.165) is 69.3 Å². The fourth-order valence-corrected chi connectivity index (χ4v) is 4.56. The van der Waals surface area contributed by atoms with Gasteiger partial charge in [-0.25, -0.2) is 0 Å². The van der Waals surface area contributed by atoms with Crippen molar-refractivity contribution in [1.29, 1.82) is 0 Å².